The van der Waals surface area contributed by atoms with Crippen LogP contribution in [-0.2, 0) is 14.4 Å². The summed E-state index contributed by atoms with van der Waals surface area (Å²) in [6.07, 6.45) is -23.1. The van der Waals surface area contributed by atoms with Gasteiger partial charge in [-0.3, -0.25) is 0 Å². The number of hydrogen-bond acceptors (Lipinski definition) is 3. The molecule has 0 saturated carbocycles. The van der Waals surface area contributed by atoms with Gasteiger partial charge in [0.05, 0.1) is 0 Å². The predicted octanol–water partition coefficient (Wildman–Crippen LogP) is 13.3. The first-order valence-electron chi connectivity index (χ1n) is 15.0. The zero-order valence-electron chi connectivity index (χ0n) is 32.2. The smallest absolute Gasteiger partial charge is 0.460 e. The Morgan fingerprint density at radius 2 is 0.250 bits per heavy atom. The van der Waals surface area contributed by atoms with Crippen molar-refractivity contribution < 1.29 is 263 Å². The van der Waals surface area contributed by atoms with Crippen LogP contribution < -0.4 is 0 Å². The number of halogens is 45. The molecular formula is C24H3F45LaO6. The normalized spacial score (nSPS) is 15.9. The standard InChI is InChI=1S/3C8HF15O2.La/c3*9-2(10,1(24)25)3(11,12)4(13,14)5(15,16)6(17,18)7(19,20)8(21,22)23;/h3*(H,24,25);. The van der Waals surface area contributed by atoms with Gasteiger partial charge in [-0.25, -0.2) is 14.4 Å². The molecule has 0 aromatic heterocycles. The van der Waals surface area contributed by atoms with Gasteiger partial charge >= 0.3 is 143 Å². The average Bonchev–Trinajstić information content (AvgIpc) is 3.15. The topological polar surface area (TPSA) is 112 Å². The molecule has 0 heterocycles. The maximum Gasteiger partial charge on any atom is 0.460 e. The van der Waals surface area contributed by atoms with E-state index < -0.39 is 143 Å². The quantitative estimate of drug-likeness (QED) is 0.118. The zero-order valence-corrected chi connectivity index (χ0v) is 35.8. The van der Waals surface area contributed by atoms with Gasteiger partial charge in [-0.2, -0.15) is 198 Å². The number of carbonyl (C=O) groups is 3. The van der Waals surface area contributed by atoms with E-state index in [-0.39, 0.29) is 35.6 Å². The Morgan fingerprint density at radius 3 is 0.329 bits per heavy atom. The molecule has 76 heavy (non-hydrogen) atoms. The molecule has 0 aliphatic carbocycles. The summed E-state index contributed by atoms with van der Waals surface area (Å²) in [5.74, 6) is -158. The second-order valence-corrected chi connectivity index (χ2v) is 12.7. The van der Waals surface area contributed by atoms with Crippen LogP contribution in [0.5, 0.6) is 0 Å². The molecule has 0 aliphatic heterocycles. The van der Waals surface area contributed by atoms with E-state index in [0.717, 1.165) is 0 Å². The van der Waals surface area contributed by atoms with E-state index in [1.807, 2.05) is 0 Å². The Morgan fingerprint density at radius 1 is 0.171 bits per heavy atom. The first-order chi connectivity index (χ1) is 31.3. The molecule has 0 aliphatic rings. The number of carboxylic acids is 3. The second-order valence-electron chi connectivity index (χ2n) is 12.7. The van der Waals surface area contributed by atoms with Crippen LogP contribution in [0.3, 0.4) is 0 Å². The summed E-state index contributed by atoms with van der Waals surface area (Å²) in [7, 11) is 0. The fourth-order valence-corrected chi connectivity index (χ4v) is 3.30. The monoisotopic (exact) mass is 1380 g/mol. The summed E-state index contributed by atoms with van der Waals surface area (Å²) in [5, 5.41) is 22.7. The van der Waals surface area contributed by atoms with Gasteiger partial charge in [0, 0.05) is 35.6 Å². The number of aliphatic carboxylic acids is 3. The molecule has 3 N–H and O–H groups in total. The van der Waals surface area contributed by atoms with Crippen molar-refractivity contribution >= 4 is 17.9 Å². The number of carboxylic acid groups (broad SMARTS) is 3. The minimum atomic E-state index is -8.47. The van der Waals surface area contributed by atoms with Gasteiger partial charge in [-0.05, 0) is 0 Å². The van der Waals surface area contributed by atoms with Gasteiger partial charge in [-0.15, -0.1) is 0 Å². The third kappa shape index (κ3) is 10.9. The van der Waals surface area contributed by atoms with Crippen LogP contribution in [0.15, 0.2) is 0 Å². The summed E-state index contributed by atoms with van der Waals surface area (Å²) < 4.78 is 560. The Bertz CT molecular complexity index is 1830. The predicted molar refractivity (Wildman–Crippen MR) is 130 cm³/mol. The Balaban J connectivity index is -0.000000508. The maximum atomic E-state index is 12.8. The zero-order chi connectivity index (χ0) is 63.2. The van der Waals surface area contributed by atoms with Crippen LogP contribution in [0.2, 0.25) is 0 Å². The van der Waals surface area contributed by atoms with E-state index >= 15 is 0 Å². The molecule has 0 fully saturated rings. The minimum absolute atomic E-state index is 0. The molecule has 0 amide bonds. The average molecular weight is 1380 g/mol. The Labute approximate surface area is 406 Å². The van der Waals surface area contributed by atoms with Gasteiger partial charge < -0.3 is 15.3 Å². The molecule has 0 saturated heterocycles. The van der Waals surface area contributed by atoms with Crippen LogP contribution in [0.25, 0.3) is 0 Å². The maximum absolute atomic E-state index is 12.8. The van der Waals surface area contributed by atoms with E-state index in [2.05, 4.69) is 0 Å². The van der Waals surface area contributed by atoms with Gasteiger partial charge in [0.1, 0.15) is 0 Å². The van der Waals surface area contributed by atoms with Gasteiger partial charge in [0.2, 0.25) is 0 Å². The molecule has 1 radical (unpaired) electrons. The van der Waals surface area contributed by atoms with Crippen LogP contribution in [0, 0.1) is 35.6 Å². The SMILES string of the molecule is O=C(O)C(F)(F)C(F)(F)C(F)(F)C(F)(F)C(F)(F)C(F)(F)C(F)(F)F.O=C(O)C(F)(F)C(F)(F)C(F)(F)C(F)(F)C(F)(F)C(F)(F)C(F)(F)F.O=C(O)C(F)(F)C(F)(F)C(F)(F)C(F)(F)C(F)(F)C(F)(F)C(F)(F)F.[La]. The number of rotatable bonds is 18. The molecule has 6 nitrogen and oxygen atoms in total. The van der Waals surface area contributed by atoms with Crippen molar-refractivity contribution in [1.29, 1.82) is 0 Å². The van der Waals surface area contributed by atoms with Crippen molar-refractivity contribution in [3.05, 3.63) is 0 Å². The van der Waals surface area contributed by atoms with E-state index in [1.54, 1.807) is 0 Å². The molecule has 0 unspecified atom stereocenters. The summed E-state index contributed by atoms with van der Waals surface area (Å²) in [5.41, 5.74) is 0. The first kappa shape index (κ1) is 78.9. The minimum Gasteiger partial charge on any atom is -0.477 e. The summed E-state index contributed by atoms with van der Waals surface area (Å²) in [4.78, 5) is 29.2. The van der Waals surface area contributed by atoms with Crippen LogP contribution in [-0.4, -0.2) is 158 Å². The van der Waals surface area contributed by atoms with Crippen LogP contribution in [0.4, 0.5) is 198 Å². The molecule has 0 bridgehead atoms. The van der Waals surface area contributed by atoms with E-state index in [0.29, 0.717) is 0 Å². The van der Waals surface area contributed by atoms with E-state index in [1.165, 1.54) is 0 Å². The molecule has 453 valence electrons. The van der Waals surface area contributed by atoms with Crippen molar-refractivity contribution in [3.63, 3.8) is 0 Å². The molecule has 0 atom stereocenters. The Hall–Kier alpha value is -3.55. The van der Waals surface area contributed by atoms with Gasteiger partial charge in [-0.1, -0.05) is 0 Å². The molecular weight excluding hydrogens is 1380 g/mol. The molecule has 0 aromatic rings. The van der Waals surface area contributed by atoms with Crippen molar-refractivity contribution in [1.82, 2.24) is 0 Å². The summed E-state index contributed by atoms with van der Waals surface area (Å²) >= 11 is 0. The van der Waals surface area contributed by atoms with Crippen molar-refractivity contribution in [2.75, 3.05) is 0 Å². The van der Waals surface area contributed by atoms with Gasteiger partial charge in [0.15, 0.2) is 0 Å². The molecule has 0 spiro atoms. The molecule has 0 rings (SSSR count). The molecule has 0 aromatic carbocycles. The van der Waals surface area contributed by atoms with E-state index in [4.69, 9.17) is 15.3 Å². The van der Waals surface area contributed by atoms with Crippen molar-refractivity contribution in [2.45, 2.75) is 125 Å². The fourth-order valence-electron chi connectivity index (χ4n) is 3.30. The molecule has 52 heteroatoms. The number of alkyl halides is 45. The van der Waals surface area contributed by atoms with Crippen LogP contribution >= 0.6 is 0 Å². The van der Waals surface area contributed by atoms with Crippen molar-refractivity contribution in [2.24, 2.45) is 0 Å². The van der Waals surface area contributed by atoms with Crippen molar-refractivity contribution in [3.8, 4) is 0 Å². The van der Waals surface area contributed by atoms with Gasteiger partial charge in [0.25, 0.3) is 0 Å². The van der Waals surface area contributed by atoms with E-state index in [9.17, 15) is 212 Å². The van der Waals surface area contributed by atoms with Crippen LogP contribution in [0.1, 0.15) is 0 Å². The largest absolute Gasteiger partial charge is 0.477 e. The summed E-state index contributed by atoms with van der Waals surface area (Å²) in [6, 6.07) is 0. The Kier molecular flexibility index (Phi) is 21.3. The first-order valence-corrected chi connectivity index (χ1v) is 15.0. The fraction of sp³-hybridized carbons (Fsp3) is 0.875. The third-order valence-electron chi connectivity index (χ3n) is 7.79. The summed E-state index contributed by atoms with van der Waals surface area (Å²) in [6.45, 7) is 0. The third-order valence-corrected chi connectivity index (χ3v) is 7.79. The second kappa shape index (κ2) is 20.5. The number of hydrogen-bond donors (Lipinski definition) is 3.